The highest BCUT2D eigenvalue weighted by atomic mass is 16.4. The Morgan fingerprint density at radius 1 is 1.42 bits per heavy atom. The normalized spacial score (nSPS) is 17.6. The van der Waals surface area contributed by atoms with Crippen molar-refractivity contribution in [1.29, 1.82) is 0 Å². The Morgan fingerprint density at radius 2 is 2.11 bits per heavy atom. The number of amidine groups is 1. The van der Waals surface area contributed by atoms with E-state index in [-0.39, 0.29) is 17.0 Å². The molecule has 0 spiro atoms. The molecular formula is C14H21N3O2. The number of aryl methyl sites for hydroxylation is 1. The van der Waals surface area contributed by atoms with Gasteiger partial charge in [-0.2, -0.15) is 0 Å². The van der Waals surface area contributed by atoms with Crippen LogP contribution in [-0.4, -0.2) is 15.6 Å². The molecule has 1 heterocycles. The molecule has 0 amide bonds. The lowest BCUT2D eigenvalue weighted by molar-refractivity contribution is 0.313. The molecule has 1 aromatic rings. The molecule has 0 aliphatic heterocycles. The second kappa shape index (κ2) is 5.91. The molecule has 1 saturated carbocycles. The van der Waals surface area contributed by atoms with Crippen LogP contribution in [0.3, 0.4) is 0 Å². The molecule has 1 aromatic heterocycles. The molecule has 2 rings (SSSR count). The van der Waals surface area contributed by atoms with E-state index in [0.29, 0.717) is 5.92 Å². The molecule has 3 N–H and O–H groups in total. The van der Waals surface area contributed by atoms with Crippen LogP contribution < -0.4 is 11.3 Å². The third kappa shape index (κ3) is 2.97. The summed E-state index contributed by atoms with van der Waals surface area (Å²) in [6.07, 6.45) is 6.16. The van der Waals surface area contributed by atoms with Gasteiger partial charge in [-0.15, -0.1) is 0 Å². The van der Waals surface area contributed by atoms with E-state index in [4.69, 9.17) is 10.9 Å². The third-order valence-electron chi connectivity index (χ3n) is 3.94. The zero-order valence-electron chi connectivity index (χ0n) is 11.3. The maximum Gasteiger partial charge on any atom is 0.261 e. The highest BCUT2D eigenvalue weighted by Crippen LogP contribution is 2.24. The zero-order valence-corrected chi connectivity index (χ0v) is 11.3. The van der Waals surface area contributed by atoms with Crippen LogP contribution in [0.2, 0.25) is 0 Å². The van der Waals surface area contributed by atoms with E-state index < -0.39 is 0 Å². The number of aromatic nitrogens is 1. The fourth-order valence-electron chi connectivity index (χ4n) is 2.77. The highest BCUT2D eigenvalue weighted by molar-refractivity contribution is 5.96. The minimum Gasteiger partial charge on any atom is -0.409 e. The van der Waals surface area contributed by atoms with Gasteiger partial charge in [0.05, 0.1) is 5.56 Å². The summed E-state index contributed by atoms with van der Waals surface area (Å²) in [6.45, 7) is 2.65. The first-order valence-electron chi connectivity index (χ1n) is 6.82. The van der Waals surface area contributed by atoms with Crippen molar-refractivity contribution in [2.24, 2.45) is 16.8 Å². The number of hydrogen-bond acceptors (Lipinski definition) is 3. The topological polar surface area (TPSA) is 80.6 Å². The molecule has 0 radical (unpaired) electrons. The Labute approximate surface area is 112 Å². The summed E-state index contributed by atoms with van der Waals surface area (Å²) in [6, 6.07) is 3.46. The van der Waals surface area contributed by atoms with Crippen LogP contribution in [0, 0.1) is 12.8 Å². The molecule has 0 bridgehead atoms. The number of nitrogens with two attached hydrogens (primary N) is 1. The van der Waals surface area contributed by atoms with Crippen molar-refractivity contribution in [2.45, 2.75) is 45.6 Å². The molecule has 5 heteroatoms. The van der Waals surface area contributed by atoms with Gasteiger partial charge in [0.15, 0.2) is 5.84 Å². The smallest absolute Gasteiger partial charge is 0.261 e. The molecule has 104 valence electrons. The van der Waals surface area contributed by atoms with Crippen molar-refractivity contribution >= 4 is 5.84 Å². The molecular weight excluding hydrogens is 242 g/mol. The maximum absolute atomic E-state index is 12.4. The minimum absolute atomic E-state index is 0.123. The van der Waals surface area contributed by atoms with Gasteiger partial charge in [0.1, 0.15) is 0 Å². The van der Waals surface area contributed by atoms with Gasteiger partial charge in [-0.3, -0.25) is 4.79 Å². The minimum atomic E-state index is -0.166. The van der Waals surface area contributed by atoms with E-state index in [1.165, 1.54) is 32.1 Å². The molecule has 0 atom stereocenters. The van der Waals surface area contributed by atoms with Crippen LogP contribution in [0.1, 0.15) is 43.4 Å². The summed E-state index contributed by atoms with van der Waals surface area (Å²) >= 11 is 0. The van der Waals surface area contributed by atoms with Crippen LogP contribution in [-0.2, 0) is 6.54 Å². The molecule has 5 nitrogen and oxygen atoms in total. The Morgan fingerprint density at radius 3 is 2.74 bits per heavy atom. The standard InChI is InChI=1S/C14H21N3O2/c1-10-7-8-12(13(15)16-19)14(18)17(10)9-11-5-3-2-4-6-11/h7-8,11,19H,2-6,9H2,1H3,(H2,15,16). The lowest BCUT2D eigenvalue weighted by Crippen LogP contribution is -2.33. The van der Waals surface area contributed by atoms with Crippen LogP contribution in [0.4, 0.5) is 0 Å². The Hall–Kier alpha value is -1.78. The Kier molecular flexibility index (Phi) is 4.24. The van der Waals surface area contributed by atoms with Gasteiger partial charge < -0.3 is 15.5 Å². The van der Waals surface area contributed by atoms with Gasteiger partial charge in [-0.25, -0.2) is 0 Å². The summed E-state index contributed by atoms with van der Waals surface area (Å²) < 4.78 is 1.75. The van der Waals surface area contributed by atoms with E-state index in [0.717, 1.165) is 12.2 Å². The van der Waals surface area contributed by atoms with Crippen molar-refractivity contribution in [2.75, 3.05) is 0 Å². The van der Waals surface area contributed by atoms with E-state index in [2.05, 4.69) is 5.16 Å². The number of oxime groups is 1. The third-order valence-corrected chi connectivity index (χ3v) is 3.94. The second-order valence-corrected chi connectivity index (χ2v) is 5.29. The lowest BCUT2D eigenvalue weighted by atomic mass is 9.89. The average Bonchev–Trinajstić information content (AvgIpc) is 2.44. The molecule has 1 aliphatic carbocycles. The fraction of sp³-hybridized carbons (Fsp3) is 0.571. The lowest BCUT2D eigenvalue weighted by Gasteiger charge is -2.23. The van der Waals surface area contributed by atoms with Crippen LogP contribution in [0.5, 0.6) is 0 Å². The van der Waals surface area contributed by atoms with Crippen LogP contribution in [0.25, 0.3) is 0 Å². The first-order chi connectivity index (χ1) is 9.13. The average molecular weight is 263 g/mol. The monoisotopic (exact) mass is 263 g/mol. The Balaban J connectivity index is 2.31. The van der Waals surface area contributed by atoms with Crippen molar-refractivity contribution in [1.82, 2.24) is 4.57 Å². The van der Waals surface area contributed by atoms with Crippen molar-refractivity contribution in [3.63, 3.8) is 0 Å². The van der Waals surface area contributed by atoms with Crippen molar-refractivity contribution < 1.29 is 5.21 Å². The molecule has 19 heavy (non-hydrogen) atoms. The molecule has 1 fully saturated rings. The van der Waals surface area contributed by atoms with E-state index in [1.54, 1.807) is 10.6 Å². The molecule has 0 saturated heterocycles. The number of nitrogens with zero attached hydrogens (tertiary/aromatic N) is 2. The molecule has 0 aromatic carbocycles. The summed E-state index contributed by atoms with van der Waals surface area (Å²) in [5.41, 5.74) is 6.56. The van der Waals surface area contributed by atoms with Gasteiger partial charge in [0, 0.05) is 12.2 Å². The summed E-state index contributed by atoms with van der Waals surface area (Å²) in [5.74, 6) is 0.440. The molecule has 1 aliphatic rings. The fourth-order valence-corrected chi connectivity index (χ4v) is 2.77. The second-order valence-electron chi connectivity index (χ2n) is 5.29. The van der Waals surface area contributed by atoms with Crippen molar-refractivity contribution in [3.8, 4) is 0 Å². The zero-order chi connectivity index (χ0) is 13.8. The predicted molar refractivity (Wildman–Crippen MR) is 74.5 cm³/mol. The summed E-state index contributed by atoms with van der Waals surface area (Å²) in [7, 11) is 0. The van der Waals surface area contributed by atoms with Crippen LogP contribution in [0.15, 0.2) is 22.1 Å². The predicted octanol–water partition coefficient (Wildman–Crippen LogP) is 1.83. The first kappa shape index (κ1) is 13.6. The van der Waals surface area contributed by atoms with Crippen LogP contribution >= 0.6 is 0 Å². The first-order valence-corrected chi connectivity index (χ1v) is 6.82. The van der Waals surface area contributed by atoms with E-state index >= 15 is 0 Å². The SMILES string of the molecule is Cc1ccc(/C(N)=N/O)c(=O)n1CC1CCCCC1. The van der Waals surface area contributed by atoms with E-state index in [9.17, 15) is 4.79 Å². The van der Waals surface area contributed by atoms with Gasteiger partial charge >= 0.3 is 0 Å². The number of rotatable bonds is 3. The van der Waals surface area contributed by atoms with Gasteiger partial charge in [0.2, 0.25) is 0 Å². The molecule has 0 unspecified atom stereocenters. The van der Waals surface area contributed by atoms with Crippen molar-refractivity contribution in [3.05, 3.63) is 33.7 Å². The van der Waals surface area contributed by atoms with Gasteiger partial charge in [0.25, 0.3) is 5.56 Å². The quantitative estimate of drug-likeness (QED) is 0.378. The van der Waals surface area contributed by atoms with Gasteiger partial charge in [-0.05, 0) is 37.8 Å². The highest BCUT2D eigenvalue weighted by Gasteiger charge is 2.17. The summed E-state index contributed by atoms with van der Waals surface area (Å²) in [4.78, 5) is 12.4. The number of pyridine rings is 1. The Bertz CT molecular complexity index is 528. The maximum atomic E-state index is 12.4. The van der Waals surface area contributed by atoms with E-state index in [1.807, 2.05) is 13.0 Å². The largest absolute Gasteiger partial charge is 0.409 e. The summed E-state index contributed by atoms with van der Waals surface area (Å²) in [5, 5.41) is 11.6. The number of hydrogen-bond donors (Lipinski definition) is 2. The van der Waals surface area contributed by atoms with Gasteiger partial charge in [-0.1, -0.05) is 24.4 Å².